The Morgan fingerprint density at radius 3 is 2.75 bits per heavy atom. The summed E-state index contributed by atoms with van der Waals surface area (Å²) in [6.45, 7) is 1.06. The molecular formula is C15H11BrN6O2. The highest BCUT2D eigenvalue weighted by atomic mass is 79.9. The number of pyridine rings is 1. The number of amides is 1. The summed E-state index contributed by atoms with van der Waals surface area (Å²) in [5.74, 6) is 1.23. The van der Waals surface area contributed by atoms with Gasteiger partial charge in [0.2, 0.25) is 17.5 Å². The van der Waals surface area contributed by atoms with Gasteiger partial charge in [-0.3, -0.25) is 9.78 Å². The molecule has 1 aliphatic rings. The third kappa shape index (κ3) is 2.78. The summed E-state index contributed by atoms with van der Waals surface area (Å²) in [6.07, 6.45) is 6.43. The molecule has 0 spiro atoms. The number of hydrogen-bond donors (Lipinski definition) is 0. The molecule has 3 aromatic heterocycles. The smallest absolute Gasteiger partial charge is 0.255 e. The predicted octanol–water partition coefficient (Wildman–Crippen LogP) is 1.92. The molecule has 0 bridgehead atoms. The number of hydrogen-bond acceptors (Lipinski definition) is 7. The van der Waals surface area contributed by atoms with E-state index >= 15 is 0 Å². The molecule has 3 aromatic rings. The summed E-state index contributed by atoms with van der Waals surface area (Å²) in [5, 5.41) is 3.90. The van der Waals surface area contributed by atoms with Gasteiger partial charge in [0.15, 0.2) is 0 Å². The molecule has 0 aliphatic carbocycles. The quantitative estimate of drug-likeness (QED) is 0.677. The number of carbonyl (C=O) groups excluding carboxylic acids is 1. The van der Waals surface area contributed by atoms with Crippen molar-refractivity contribution in [3.63, 3.8) is 0 Å². The lowest BCUT2D eigenvalue weighted by Gasteiger charge is -2.37. The van der Waals surface area contributed by atoms with E-state index < -0.39 is 0 Å². The Labute approximate surface area is 145 Å². The molecule has 4 rings (SSSR count). The Balaban J connectivity index is 1.43. The van der Waals surface area contributed by atoms with Gasteiger partial charge in [-0.25, -0.2) is 9.97 Å². The van der Waals surface area contributed by atoms with Crippen molar-refractivity contribution in [3.05, 3.63) is 52.8 Å². The number of rotatable bonds is 3. The van der Waals surface area contributed by atoms with Crippen molar-refractivity contribution in [2.75, 3.05) is 13.1 Å². The molecule has 0 unspecified atom stereocenters. The highest BCUT2D eigenvalue weighted by Gasteiger charge is 2.36. The monoisotopic (exact) mass is 386 g/mol. The van der Waals surface area contributed by atoms with Gasteiger partial charge >= 0.3 is 0 Å². The lowest BCUT2D eigenvalue weighted by molar-refractivity contribution is 0.0568. The molecule has 9 heteroatoms. The summed E-state index contributed by atoms with van der Waals surface area (Å²) >= 11 is 3.31. The van der Waals surface area contributed by atoms with Crippen LogP contribution in [0.25, 0.3) is 11.6 Å². The van der Waals surface area contributed by atoms with Crippen molar-refractivity contribution < 1.29 is 9.32 Å². The van der Waals surface area contributed by atoms with Crippen LogP contribution in [0.1, 0.15) is 22.2 Å². The van der Waals surface area contributed by atoms with Gasteiger partial charge in [-0.05, 0) is 28.1 Å². The summed E-state index contributed by atoms with van der Waals surface area (Å²) in [5.41, 5.74) is 0.548. The van der Waals surface area contributed by atoms with Crippen molar-refractivity contribution in [1.29, 1.82) is 0 Å². The van der Waals surface area contributed by atoms with Crippen LogP contribution in [-0.4, -0.2) is 49.0 Å². The van der Waals surface area contributed by atoms with E-state index in [-0.39, 0.29) is 11.8 Å². The molecule has 0 saturated carbocycles. The normalized spacial score (nSPS) is 14.5. The third-order valence-corrected chi connectivity index (χ3v) is 4.11. The van der Waals surface area contributed by atoms with Crippen LogP contribution in [0.4, 0.5) is 0 Å². The minimum Gasteiger partial charge on any atom is -0.338 e. The van der Waals surface area contributed by atoms with Crippen LogP contribution in [0.3, 0.4) is 0 Å². The average Bonchev–Trinajstić information content (AvgIpc) is 3.04. The molecule has 0 atom stereocenters. The Morgan fingerprint density at radius 2 is 2.00 bits per heavy atom. The second-order valence-electron chi connectivity index (χ2n) is 5.33. The second-order valence-corrected chi connectivity index (χ2v) is 6.24. The lowest BCUT2D eigenvalue weighted by atomic mass is 9.99. The third-order valence-electron chi connectivity index (χ3n) is 3.68. The summed E-state index contributed by atoms with van der Waals surface area (Å²) in [4.78, 5) is 30.6. The zero-order chi connectivity index (χ0) is 16.5. The SMILES string of the molecule is O=C(c1cncc(Br)c1)N1CC(c2nc(-c3ncccn3)no2)C1. The fourth-order valence-electron chi connectivity index (χ4n) is 2.42. The van der Waals surface area contributed by atoms with Gasteiger partial charge in [0.25, 0.3) is 5.91 Å². The van der Waals surface area contributed by atoms with Crippen molar-refractivity contribution >= 4 is 21.8 Å². The molecular weight excluding hydrogens is 376 g/mol. The topological polar surface area (TPSA) is 97.9 Å². The maximum atomic E-state index is 12.4. The van der Waals surface area contributed by atoms with Crippen molar-refractivity contribution in [2.24, 2.45) is 0 Å². The van der Waals surface area contributed by atoms with Gasteiger partial charge < -0.3 is 9.42 Å². The fraction of sp³-hybridized carbons (Fsp3) is 0.200. The van der Waals surface area contributed by atoms with E-state index in [4.69, 9.17) is 4.52 Å². The highest BCUT2D eigenvalue weighted by Crippen LogP contribution is 2.28. The van der Waals surface area contributed by atoms with E-state index in [0.29, 0.717) is 36.2 Å². The van der Waals surface area contributed by atoms with Gasteiger partial charge in [-0.1, -0.05) is 5.16 Å². The Morgan fingerprint density at radius 1 is 1.21 bits per heavy atom. The first-order chi connectivity index (χ1) is 11.7. The van der Waals surface area contributed by atoms with Gasteiger partial charge in [-0.15, -0.1) is 0 Å². The average molecular weight is 387 g/mol. The lowest BCUT2D eigenvalue weighted by Crippen LogP contribution is -2.48. The zero-order valence-corrected chi connectivity index (χ0v) is 13.9. The number of likely N-dealkylation sites (tertiary alicyclic amines) is 1. The molecule has 1 aliphatic heterocycles. The number of carbonyl (C=O) groups is 1. The van der Waals surface area contributed by atoms with E-state index in [9.17, 15) is 4.79 Å². The second kappa shape index (κ2) is 6.08. The first kappa shape index (κ1) is 14.9. The Bertz CT molecular complexity index is 878. The minimum atomic E-state index is -0.0637. The minimum absolute atomic E-state index is 0.0269. The van der Waals surface area contributed by atoms with Gasteiger partial charge in [0, 0.05) is 42.3 Å². The number of halogens is 1. The summed E-state index contributed by atoms with van der Waals surface area (Å²) in [6, 6.07) is 3.47. The van der Waals surface area contributed by atoms with Crippen LogP contribution >= 0.6 is 15.9 Å². The highest BCUT2D eigenvalue weighted by molar-refractivity contribution is 9.10. The van der Waals surface area contributed by atoms with E-state index in [1.165, 1.54) is 0 Å². The molecule has 1 saturated heterocycles. The predicted molar refractivity (Wildman–Crippen MR) is 85.9 cm³/mol. The number of nitrogens with zero attached hydrogens (tertiary/aromatic N) is 6. The molecule has 1 amide bonds. The maximum Gasteiger partial charge on any atom is 0.255 e. The van der Waals surface area contributed by atoms with Crippen molar-refractivity contribution in [3.8, 4) is 11.6 Å². The van der Waals surface area contributed by atoms with Crippen LogP contribution in [0.5, 0.6) is 0 Å². The molecule has 0 N–H and O–H groups in total. The fourth-order valence-corrected chi connectivity index (χ4v) is 2.78. The van der Waals surface area contributed by atoms with Crippen LogP contribution in [0.2, 0.25) is 0 Å². The maximum absolute atomic E-state index is 12.4. The van der Waals surface area contributed by atoms with Gasteiger partial charge in [0.1, 0.15) is 0 Å². The van der Waals surface area contributed by atoms with E-state index in [0.717, 1.165) is 4.47 Å². The number of aromatic nitrogens is 5. The summed E-state index contributed by atoms with van der Waals surface area (Å²) in [7, 11) is 0. The Hall–Kier alpha value is -2.68. The van der Waals surface area contributed by atoms with E-state index in [1.807, 2.05) is 0 Å². The molecule has 8 nitrogen and oxygen atoms in total. The van der Waals surface area contributed by atoms with Crippen LogP contribution in [0, 0.1) is 0 Å². The molecule has 24 heavy (non-hydrogen) atoms. The Kier molecular flexibility index (Phi) is 3.77. The van der Waals surface area contributed by atoms with E-state index in [2.05, 4.69) is 41.0 Å². The van der Waals surface area contributed by atoms with Crippen molar-refractivity contribution in [2.45, 2.75) is 5.92 Å². The standard InChI is InChI=1S/C15H11BrN6O2/c16-11-4-9(5-17-6-11)15(23)22-7-10(8-22)14-20-13(21-24-14)12-18-2-1-3-19-12/h1-6,10H,7-8H2. The molecule has 0 aromatic carbocycles. The first-order valence-electron chi connectivity index (χ1n) is 7.21. The molecule has 1 fully saturated rings. The largest absolute Gasteiger partial charge is 0.338 e. The molecule has 120 valence electrons. The van der Waals surface area contributed by atoms with Gasteiger partial charge in [0.05, 0.1) is 11.5 Å². The van der Waals surface area contributed by atoms with Crippen molar-refractivity contribution in [1.82, 2.24) is 30.0 Å². The van der Waals surface area contributed by atoms with E-state index in [1.54, 1.807) is 41.8 Å². The first-order valence-corrected chi connectivity index (χ1v) is 8.01. The molecule has 0 radical (unpaired) electrons. The van der Waals surface area contributed by atoms with Crippen LogP contribution in [0.15, 0.2) is 45.9 Å². The van der Waals surface area contributed by atoms with Gasteiger partial charge in [-0.2, -0.15) is 4.98 Å². The van der Waals surface area contributed by atoms with Crippen LogP contribution in [-0.2, 0) is 0 Å². The molecule has 4 heterocycles. The summed E-state index contributed by atoms with van der Waals surface area (Å²) < 4.78 is 6.05. The zero-order valence-electron chi connectivity index (χ0n) is 12.3. The van der Waals surface area contributed by atoms with Crippen LogP contribution < -0.4 is 0 Å².